The van der Waals surface area contributed by atoms with E-state index in [4.69, 9.17) is 28.5 Å². The van der Waals surface area contributed by atoms with Crippen molar-refractivity contribution in [1.82, 2.24) is 0 Å². The van der Waals surface area contributed by atoms with Crippen LogP contribution in [-0.2, 0) is 4.79 Å². The number of thiophene rings is 1. The Kier molecular flexibility index (Phi) is 5.43. The number of nitriles is 1. The quantitative estimate of drug-likeness (QED) is 0.555. The summed E-state index contributed by atoms with van der Waals surface area (Å²) in [7, 11) is 0. The van der Waals surface area contributed by atoms with E-state index < -0.39 is 5.91 Å². The maximum atomic E-state index is 12.1. The van der Waals surface area contributed by atoms with Crippen molar-refractivity contribution in [3.63, 3.8) is 0 Å². The number of carbonyl (C=O) groups is 1. The Morgan fingerprint density at radius 1 is 1.33 bits per heavy atom. The molecule has 0 aliphatic rings. The molecule has 1 aromatic heterocycles. The summed E-state index contributed by atoms with van der Waals surface area (Å²) < 4.78 is 0.921. The highest BCUT2D eigenvalue weighted by Crippen LogP contribution is 2.30. The van der Waals surface area contributed by atoms with Crippen LogP contribution in [0.3, 0.4) is 0 Å². The minimum absolute atomic E-state index is 0.0135. The van der Waals surface area contributed by atoms with Crippen LogP contribution in [-0.4, -0.2) is 5.91 Å². The standard InChI is InChI=1S/C14H7BrCl2N2OS/c15-12-5-4-9(21-12)6-8(7-18)14(20)19-11-3-1-2-10(16)13(11)17/h1-6H,(H,19,20). The van der Waals surface area contributed by atoms with E-state index in [-0.39, 0.29) is 10.6 Å². The van der Waals surface area contributed by atoms with E-state index in [0.717, 1.165) is 8.66 Å². The lowest BCUT2D eigenvalue weighted by molar-refractivity contribution is -0.112. The van der Waals surface area contributed by atoms with Crippen LogP contribution in [0.1, 0.15) is 4.88 Å². The SMILES string of the molecule is N#CC(=Cc1ccc(Br)s1)C(=O)Nc1cccc(Cl)c1Cl. The Labute approximate surface area is 143 Å². The minimum atomic E-state index is -0.536. The Bertz CT molecular complexity index is 765. The summed E-state index contributed by atoms with van der Waals surface area (Å²) in [4.78, 5) is 12.9. The lowest BCUT2D eigenvalue weighted by Gasteiger charge is -2.07. The van der Waals surface area contributed by atoms with Crippen molar-refractivity contribution in [2.45, 2.75) is 0 Å². The van der Waals surface area contributed by atoms with Gasteiger partial charge in [-0.05, 0) is 46.3 Å². The fraction of sp³-hybridized carbons (Fsp3) is 0. The van der Waals surface area contributed by atoms with E-state index >= 15 is 0 Å². The van der Waals surface area contributed by atoms with Gasteiger partial charge in [-0.3, -0.25) is 4.79 Å². The van der Waals surface area contributed by atoms with Gasteiger partial charge >= 0.3 is 0 Å². The third kappa shape index (κ3) is 4.08. The van der Waals surface area contributed by atoms with Crippen LogP contribution in [0.25, 0.3) is 6.08 Å². The molecule has 2 rings (SSSR count). The fourth-order valence-corrected chi connectivity index (χ4v) is 3.20. The van der Waals surface area contributed by atoms with E-state index in [9.17, 15) is 4.79 Å². The van der Waals surface area contributed by atoms with Crippen LogP contribution in [0, 0.1) is 11.3 Å². The number of hydrogen-bond acceptors (Lipinski definition) is 3. The second-order valence-corrected chi connectivity index (χ2v) is 7.15. The summed E-state index contributed by atoms with van der Waals surface area (Å²) in [6, 6.07) is 10.4. The number of nitrogens with zero attached hydrogens (tertiary/aromatic N) is 1. The summed E-state index contributed by atoms with van der Waals surface area (Å²) in [5, 5.41) is 12.3. The van der Waals surface area contributed by atoms with Crippen molar-refractivity contribution in [2.24, 2.45) is 0 Å². The van der Waals surface area contributed by atoms with Crippen LogP contribution >= 0.6 is 50.5 Å². The molecule has 0 aliphatic carbocycles. The van der Waals surface area contributed by atoms with E-state index in [2.05, 4.69) is 21.2 Å². The number of nitrogens with one attached hydrogen (secondary N) is 1. The summed E-state index contributed by atoms with van der Waals surface area (Å²) in [5.41, 5.74) is 0.350. The molecular formula is C14H7BrCl2N2OS. The molecule has 2 aromatic rings. The van der Waals surface area contributed by atoms with Gasteiger partial charge in [-0.2, -0.15) is 5.26 Å². The molecule has 0 spiro atoms. The van der Waals surface area contributed by atoms with Crippen LogP contribution in [0.5, 0.6) is 0 Å². The van der Waals surface area contributed by atoms with Crippen LogP contribution in [0.15, 0.2) is 39.7 Å². The lowest BCUT2D eigenvalue weighted by Crippen LogP contribution is -2.13. The smallest absolute Gasteiger partial charge is 0.266 e. The molecule has 0 fully saturated rings. The first-order valence-electron chi connectivity index (χ1n) is 5.63. The van der Waals surface area contributed by atoms with E-state index in [0.29, 0.717) is 10.7 Å². The molecular weight excluding hydrogens is 395 g/mol. The number of rotatable bonds is 3. The summed E-state index contributed by atoms with van der Waals surface area (Å²) in [6.07, 6.45) is 1.52. The molecule has 1 aromatic carbocycles. The molecule has 3 nitrogen and oxygen atoms in total. The predicted octanol–water partition coefficient (Wildman–Crippen LogP) is 5.36. The average molecular weight is 402 g/mol. The molecule has 0 unspecified atom stereocenters. The molecule has 0 aliphatic heterocycles. The Morgan fingerprint density at radius 3 is 2.71 bits per heavy atom. The van der Waals surface area contributed by atoms with Gasteiger partial charge in [-0.15, -0.1) is 11.3 Å². The highest BCUT2D eigenvalue weighted by Gasteiger charge is 2.13. The summed E-state index contributed by atoms with van der Waals surface area (Å²) in [6.45, 7) is 0. The van der Waals surface area contributed by atoms with Crippen LogP contribution in [0.2, 0.25) is 10.0 Å². The highest BCUT2D eigenvalue weighted by molar-refractivity contribution is 9.11. The van der Waals surface area contributed by atoms with Gasteiger partial charge in [0.25, 0.3) is 5.91 Å². The van der Waals surface area contributed by atoms with Crippen molar-refractivity contribution in [3.8, 4) is 6.07 Å². The van der Waals surface area contributed by atoms with Gasteiger partial charge in [-0.1, -0.05) is 29.3 Å². The van der Waals surface area contributed by atoms with Crippen molar-refractivity contribution < 1.29 is 4.79 Å². The molecule has 0 saturated carbocycles. The Balaban J connectivity index is 2.24. The Hall–Kier alpha value is -1.32. The molecule has 0 saturated heterocycles. The third-order valence-corrected chi connectivity index (χ3v) is 4.84. The van der Waals surface area contributed by atoms with Gasteiger partial charge in [0.2, 0.25) is 0 Å². The van der Waals surface area contributed by atoms with Crippen molar-refractivity contribution in [1.29, 1.82) is 5.26 Å². The zero-order chi connectivity index (χ0) is 15.4. The second kappa shape index (κ2) is 7.10. The minimum Gasteiger partial charge on any atom is -0.320 e. The normalized spacial score (nSPS) is 11.0. The molecule has 7 heteroatoms. The number of anilines is 1. The first-order chi connectivity index (χ1) is 10.0. The first kappa shape index (κ1) is 16.1. The third-order valence-electron chi connectivity index (χ3n) is 2.45. The molecule has 1 heterocycles. The number of carbonyl (C=O) groups excluding carboxylic acids is 1. The van der Waals surface area contributed by atoms with Gasteiger partial charge < -0.3 is 5.32 Å². The summed E-state index contributed by atoms with van der Waals surface area (Å²) >= 11 is 16.6. The van der Waals surface area contributed by atoms with Gasteiger partial charge in [0, 0.05) is 4.88 Å². The van der Waals surface area contributed by atoms with Gasteiger partial charge in [0.15, 0.2) is 0 Å². The van der Waals surface area contributed by atoms with Gasteiger partial charge in [-0.25, -0.2) is 0 Å². The van der Waals surface area contributed by atoms with Gasteiger partial charge in [0.05, 0.1) is 19.5 Å². The van der Waals surface area contributed by atoms with Crippen LogP contribution in [0.4, 0.5) is 5.69 Å². The lowest BCUT2D eigenvalue weighted by atomic mass is 10.2. The predicted molar refractivity (Wildman–Crippen MR) is 90.7 cm³/mol. The maximum Gasteiger partial charge on any atom is 0.266 e. The number of amides is 1. The van der Waals surface area contributed by atoms with Crippen molar-refractivity contribution in [3.05, 3.63) is 54.6 Å². The van der Waals surface area contributed by atoms with E-state index in [1.807, 2.05) is 18.2 Å². The fourth-order valence-electron chi connectivity index (χ4n) is 1.49. The molecule has 1 N–H and O–H groups in total. The molecule has 0 atom stereocenters. The van der Waals surface area contributed by atoms with Crippen molar-refractivity contribution in [2.75, 3.05) is 5.32 Å². The number of hydrogen-bond donors (Lipinski definition) is 1. The number of benzene rings is 1. The molecule has 106 valence electrons. The topological polar surface area (TPSA) is 52.9 Å². The maximum absolute atomic E-state index is 12.1. The average Bonchev–Trinajstić information content (AvgIpc) is 2.86. The largest absolute Gasteiger partial charge is 0.320 e. The molecule has 0 bridgehead atoms. The monoisotopic (exact) mass is 400 g/mol. The van der Waals surface area contributed by atoms with E-state index in [1.165, 1.54) is 17.4 Å². The van der Waals surface area contributed by atoms with Gasteiger partial charge in [0.1, 0.15) is 11.6 Å². The summed E-state index contributed by atoms with van der Waals surface area (Å²) in [5.74, 6) is -0.536. The zero-order valence-electron chi connectivity index (χ0n) is 10.4. The molecule has 0 radical (unpaired) electrons. The van der Waals surface area contributed by atoms with Crippen molar-refractivity contribution >= 4 is 68.1 Å². The molecule has 1 amide bonds. The van der Waals surface area contributed by atoms with Crippen LogP contribution < -0.4 is 5.32 Å². The number of halogens is 3. The first-order valence-corrected chi connectivity index (χ1v) is 8.00. The Morgan fingerprint density at radius 2 is 2.10 bits per heavy atom. The molecule has 21 heavy (non-hydrogen) atoms. The second-order valence-electron chi connectivity index (χ2n) is 3.87. The van der Waals surface area contributed by atoms with E-state index in [1.54, 1.807) is 18.2 Å². The zero-order valence-corrected chi connectivity index (χ0v) is 14.3. The highest BCUT2D eigenvalue weighted by atomic mass is 79.9.